The Morgan fingerprint density at radius 3 is 2.71 bits per heavy atom. The molecule has 1 aromatic carbocycles. The van der Waals surface area contributed by atoms with Crippen molar-refractivity contribution in [2.24, 2.45) is 0 Å². The van der Waals surface area contributed by atoms with Gasteiger partial charge in [-0.05, 0) is 24.5 Å². The van der Waals surface area contributed by atoms with Gasteiger partial charge in [0, 0.05) is 29.4 Å². The lowest BCUT2D eigenvalue weighted by Gasteiger charge is -2.19. The molecule has 3 nitrogen and oxygen atoms in total. The monoisotopic (exact) mass is 376 g/mol. The third kappa shape index (κ3) is 3.58. The number of rotatable bonds is 4. The summed E-state index contributed by atoms with van der Waals surface area (Å²) in [4.78, 5) is 12.0. The SMILES string of the molecule is Cl.O=C(NCC1(c2ccccc2Br)CC1)[C@H]1C[C@H](F)CN1. The van der Waals surface area contributed by atoms with Crippen molar-refractivity contribution in [3.05, 3.63) is 34.3 Å². The van der Waals surface area contributed by atoms with Crippen LogP contribution in [0.25, 0.3) is 0 Å². The molecule has 1 aromatic rings. The fraction of sp³-hybridized carbons (Fsp3) is 0.533. The molecule has 0 radical (unpaired) electrons. The molecule has 0 spiro atoms. The van der Waals surface area contributed by atoms with E-state index >= 15 is 0 Å². The Labute approximate surface area is 138 Å². The first kappa shape index (κ1) is 16.7. The lowest BCUT2D eigenvalue weighted by molar-refractivity contribution is -0.123. The zero-order valence-corrected chi connectivity index (χ0v) is 14.0. The van der Waals surface area contributed by atoms with E-state index in [0.29, 0.717) is 6.54 Å². The van der Waals surface area contributed by atoms with E-state index in [1.165, 1.54) is 5.56 Å². The lowest BCUT2D eigenvalue weighted by atomic mass is 9.96. The standard InChI is InChI=1S/C15H18BrFN2O.ClH/c16-12-4-2-1-3-11(12)15(5-6-15)9-19-14(20)13-7-10(17)8-18-13;/h1-4,10,13,18H,5-9H2,(H,19,20);1H/t10-,13+;/m0./s1. The highest BCUT2D eigenvalue weighted by Crippen LogP contribution is 2.49. The highest BCUT2D eigenvalue weighted by Gasteiger charge is 2.45. The summed E-state index contributed by atoms with van der Waals surface area (Å²) in [6.07, 6.45) is 1.55. The first-order valence-corrected chi connectivity index (χ1v) is 7.80. The summed E-state index contributed by atoms with van der Waals surface area (Å²) in [6, 6.07) is 7.78. The van der Waals surface area contributed by atoms with Crippen LogP contribution in [-0.2, 0) is 10.2 Å². The number of carbonyl (C=O) groups excluding carboxylic acids is 1. The number of amides is 1. The quantitative estimate of drug-likeness (QED) is 0.847. The fourth-order valence-electron chi connectivity index (χ4n) is 2.86. The molecule has 6 heteroatoms. The molecule has 1 saturated heterocycles. The van der Waals surface area contributed by atoms with E-state index < -0.39 is 6.17 Å². The first-order valence-electron chi connectivity index (χ1n) is 7.01. The van der Waals surface area contributed by atoms with Crippen molar-refractivity contribution in [1.29, 1.82) is 0 Å². The number of nitrogens with one attached hydrogen (secondary N) is 2. The average molecular weight is 378 g/mol. The van der Waals surface area contributed by atoms with Crippen LogP contribution in [0.1, 0.15) is 24.8 Å². The molecule has 0 aromatic heterocycles. The molecule has 2 N–H and O–H groups in total. The van der Waals surface area contributed by atoms with Crippen LogP contribution in [-0.4, -0.2) is 31.2 Å². The third-order valence-electron chi connectivity index (χ3n) is 4.29. The van der Waals surface area contributed by atoms with Crippen molar-refractivity contribution in [3.63, 3.8) is 0 Å². The summed E-state index contributed by atoms with van der Waals surface area (Å²) in [5.41, 5.74) is 1.31. The predicted molar refractivity (Wildman–Crippen MR) is 86.6 cm³/mol. The molecule has 3 rings (SSSR count). The van der Waals surface area contributed by atoms with Gasteiger partial charge in [-0.3, -0.25) is 4.79 Å². The Morgan fingerprint density at radius 2 is 2.14 bits per heavy atom. The minimum Gasteiger partial charge on any atom is -0.354 e. The third-order valence-corrected chi connectivity index (χ3v) is 4.98. The van der Waals surface area contributed by atoms with Gasteiger partial charge in [0.05, 0.1) is 6.04 Å². The maximum absolute atomic E-state index is 13.1. The lowest BCUT2D eigenvalue weighted by Crippen LogP contribution is -2.43. The maximum Gasteiger partial charge on any atom is 0.237 e. The molecule has 1 aliphatic carbocycles. The molecular weight excluding hydrogens is 359 g/mol. The number of hydrogen-bond donors (Lipinski definition) is 2. The highest BCUT2D eigenvalue weighted by atomic mass is 79.9. The van der Waals surface area contributed by atoms with Crippen LogP contribution < -0.4 is 10.6 Å². The Morgan fingerprint density at radius 1 is 1.43 bits per heavy atom. The molecule has 2 fully saturated rings. The fourth-order valence-corrected chi connectivity index (χ4v) is 3.56. The van der Waals surface area contributed by atoms with Crippen molar-refractivity contribution in [1.82, 2.24) is 10.6 Å². The number of hydrogen-bond acceptors (Lipinski definition) is 2. The van der Waals surface area contributed by atoms with Gasteiger partial charge in [0.25, 0.3) is 0 Å². The van der Waals surface area contributed by atoms with Crippen LogP contribution in [0.2, 0.25) is 0 Å². The van der Waals surface area contributed by atoms with E-state index in [2.05, 4.69) is 32.6 Å². The van der Waals surface area contributed by atoms with Gasteiger partial charge < -0.3 is 10.6 Å². The van der Waals surface area contributed by atoms with Gasteiger partial charge in [-0.15, -0.1) is 12.4 Å². The van der Waals surface area contributed by atoms with E-state index in [4.69, 9.17) is 0 Å². The average Bonchev–Trinajstić information content (AvgIpc) is 3.10. The first-order chi connectivity index (χ1) is 9.61. The summed E-state index contributed by atoms with van der Waals surface area (Å²) >= 11 is 3.58. The van der Waals surface area contributed by atoms with E-state index in [1.807, 2.05) is 18.2 Å². The van der Waals surface area contributed by atoms with Crippen molar-refractivity contribution in [2.75, 3.05) is 13.1 Å². The largest absolute Gasteiger partial charge is 0.354 e. The summed E-state index contributed by atoms with van der Waals surface area (Å²) in [5, 5.41) is 5.90. The molecule has 1 aliphatic heterocycles. The highest BCUT2D eigenvalue weighted by molar-refractivity contribution is 9.10. The predicted octanol–water partition coefficient (Wildman–Crippen LogP) is 2.72. The van der Waals surface area contributed by atoms with Crippen LogP contribution >= 0.6 is 28.3 Å². The summed E-state index contributed by atoms with van der Waals surface area (Å²) in [7, 11) is 0. The zero-order valence-electron chi connectivity index (χ0n) is 11.6. The molecule has 2 aliphatic rings. The minimum atomic E-state index is -0.899. The summed E-state index contributed by atoms with van der Waals surface area (Å²) < 4.78 is 14.2. The van der Waals surface area contributed by atoms with Gasteiger partial charge in [-0.25, -0.2) is 4.39 Å². The molecule has 0 unspecified atom stereocenters. The molecule has 1 amide bonds. The van der Waals surface area contributed by atoms with Gasteiger partial charge in [0.2, 0.25) is 5.91 Å². The second kappa shape index (κ2) is 6.63. The number of benzene rings is 1. The Bertz CT molecular complexity index is 524. The molecule has 1 heterocycles. The van der Waals surface area contributed by atoms with Crippen molar-refractivity contribution >= 4 is 34.2 Å². The summed E-state index contributed by atoms with van der Waals surface area (Å²) in [5.74, 6) is -0.0801. The smallest absolute Gasteiger partial charge is 0.237 e. The number of alkyl halides is 1. The molecule has 2 atom stereocenters. The van der Waals surface area contributed by atoms with E-state index in [-0.39, 0.29) is 42.7 Å². The topological polar surface area (TPSA) is 41.1 Å². The van der Waals surface area contributed by atoms with Gasteiger partial charge in [0.15, 0.2) is 0 Å². The zero-order chi connectivity index (χ0) is 14.2. The summed E-state index contributed by atoms with van der Waals surface area (Å²) in [6.45, 7) is 0.914. The number of carbonyl (C=O) groups is 1. The second-order valence-corrected chi connectivity index (χ2v) is 6.63. The van der Waals surface area contributed by atoms with Crippen molar-refractivity contribution in [3.8, 4) is 0 Å². The van der Waals surface area contributed by atoms with E-state index in [1.54, 1.807) is 0 Å². The van der Waals surface area contributed by atoms with E-state index in [0.717, 1.165) is 17.3 Å². The molecule has 21 heavy (non-hydrogen) atoms. The van der Waals surface area contributed by atoms with Gasteiger partial charge in [0.1, 0.15) is 6.17 Å². The van der Waals surface area contributed by atoms with Gasteiger partial charge in [-0.1, -0.05) is 34.1 Å². The van der Waals surface area contributed by atoms with E-state index in [9.17, 15) is 9.18 Å². The van der Waals surface area contributed by atoms with Crippen LogP contribution in [0.3, 0.4) is 0 Å². The van der Waals surface area contributed by atoms with Gasteiger partial charge >= 0.3 is 0 Å². The van der Waals surface area contributed by atoms with Crippen LogP contribution in [0.15, 0.2) is 28.7 Å². The number of halogens is 3. The molecular formula is C15H19BrClFN2O. The van der Waals surface area contributed by atoms with Gasteiger partial charge in [-0.2, -0.15) is 0 Å². The Kier molecular flexibility index (Phi) is 5.28. The molecule has 0 bridgehead atoms. The molecule has 1 saturated carbocycles. The van der Waals surface area contributed by atoms with Crippen LogP contribution in [0, 0.1) is 0 Å². The van der Waals surface area contributed by atoms with Crippen LogP contribution in [0.4, 0.5) is 4.39 Å². The second-order valence-electron chi connectivity index (χ2n) is 5.77. The molecule has 116 valence electrons. The Balaban J connectivity index is 0.00000161. The minimum absolute atomic E-state index is 0. The van der Waals surface area contributed by atoms with Crippen LogP contribution in [0.5, 0.6) is 0 Å². The van der Waals surface area contributed by atoms with Crippen molar-refractivity contribution < 1.29 is 9.18 Å². The Hall–Kier alpha value is -0.650. The maximum atomic E-state index is 13.1. The van der Waals surface area contributed by atoms with Crippen molar-refractivity contribution in [2.45, 2.75) is 36.9 Å². The normalized spacial score (nSPS) is 26.0.